The van der Waals surface area contributed by atoms with Crippen LogP contribution in [-0.4, -0.2) is 37.0 Å². The van der Waals surface area contributed by atoms with Crippen LogP contribution in [0.25, 0.3) is 0 Å². The second-order valence-electron chi connectivity index (χ2n) is 5.06. The van der Waals surface area contributed by atoms with Crippen LogP contribution in [0.2, 0.25) is 10.0 Å². The maximum Gasteiger partial charge on any atom is 0.267 e. The number of carbonyl (C=O) groups is 1. The Morgan fingerprint density at radius 2 is 2.04 bits per heavy atom. The lowest BCUT2D eigenvalue weighted by molar-refractivity contribution is -0.112. The fourth-order valence-electron chi connectivity index (χ4n) is 2.06. The summed E-state index contributed by atoms with van der Waals surface area (Å²) in [4.78, 5) is 14.4. The first-order valence-electron chi connectivity index (χ1n) is 7.84. The number of nitrogens with zero attached hydrogens (tertiary/aromatic N) is 2. The molecule has 0 saturated heterocycles. The summed E-state index contributed by atoms with van der Waals surface area (Å²) in [6, 6.07) is 6.80. The van der Waals surface area contributed by atoms with Crippen LogP contribution < -0.4 is 10.6 Å². The van der Waals surface area contributed by atoms with Crippen LogP contribution in [0, 0.1) is 11.3 Å². The fraction of sp³-hybridized carbons (Fsp3) is 0.412. The Bertz CT molecular complexity index is 622. The van der Waals surface area contributed by atoms with Crippen LogP contribution in [0.4, 0.5) is 5.69 Å². The van der Waals surface area contributed by atoms with Gasteiger partial charge in [0.05, 0.1) is 15.7 Å². The number of benzene rings is 1. The molecule has 5 nitrogen and oxygen atoms in total. The number of hydrogen-bond acceptors (Lipinski definition) is 4. The molecule has 0 aromatic heterocycles. The molecule has 1 rings (SSSR count). The summed E-state index contributed by atoms with van der Waals surface area (Å²) in [7, 11) is 0. The quantitative estimate of drug-likeness (QED) is 0.396. The van der Waals surface area contributed by atoms with E-state index < -0.39 is 5.91 Å². The van der Waals surface area contributed by atoms with E-state index in [4.69, 9.17) is 28.5 Å². The Kier molecular flexibility index (Phi) is 9.24. The minimum atomic E-state index is -0.530. The van der Waals surface area contributed by atoms with Gasteiger partial charge < -0.3 is 15.5 Å². The third-order valence-electron chi connectivity index (χ3n) is 3.50. The van der Waals surface area contributed by atoms with Crippen molar-refractivity contribution < 1.29 is 4.79 Å². The van der Waals surface area contributed by atoms with Crippen molar-refractivity contribution in [2.75, 3.05) is 31.5 Å². The van der Waals surface area contributed by atoms with Crippen molar-refractivity contribution >= 4 is 34.8 Å². The van der Waals surface area contributed by atoms with E-state index in [-0.39, 0.29) is 10.6 Å². The number of amides is 1. The Morgan fingerprint density at radius 1 is 1.33 bits per heavy atom. The van der Waals surface area contributed by atoms with Gasteiger partial charge in [0.1, 0.15) is 11.6 Å². The van der Waals surface area contributed by atoms with E-state index >= 15 is 0 Å². The summed E-state index contributed by atoms with van der Waals surface area (Å²) in [6.45, 7) is 7.93. The molecule has 2 N–H and O–H groups in total. The smallest absolute Gasteiger partial charge is 0.267 e. The minimum absolute atomic E-state index is 0.0196. The highest BCUT2D eigenvalue weighted by Crippen LogP contribution is 2.29. The van der Waals surface area contributed by atoms with Crippen molar-refractivity contribution in [3.05, 3.63) is 40.0 Å². The molecule has 1 aromatic carbocycles. The normalized spacial score (nSPS) is 11.2. The number of halogens is 2. The van der Waals surface area contributed by atoms with Crippen LogP contribution in [0.1, 0.15) is 20.3 Å². The maximum atomic E-state index is 12.1. The molecule has 0 aliphatic heterocycles. The van der Waals surface area contributed by atoms with Gasteiger partial charge in [-0.1, -0.05) is 43.1 Å². The number of nitrogens with one attached hydrogen (secondary N) is 2. The van der Waals surface area contributed by atoms with Gasteiger partial charge in [-0.3, -0.25) is 4.79 Å². The van der Waals surface area contributed by atoms with Crippen LogP contribution in [0.15, 0.2) is 30.0 Å². The van der Waals surface area contributed by atoms with Crippen LogP contribution in [-0.2, 0) is 4.79 Å². The SMILES string of the molecule is CCN(CC)CCCN/C=C(/C#N)C(=O)Nc1cccc(Cl)c1Cl. The molecule has 0 fully saturated rings. The standard InChI is InChI=1S/C17H22Cl2N4O/c1-3-23(4-2)10-6-9-21-12-13(11-20)17(24)22-15-8-5-7-14(18)16(15)19/h5,7-8,12,21H,3-4,6,9-10H2,1-2H3,(H,22,24)/b13-12-. The van der Waals surface area contributed by atoms with E-state index in [1.165, 1.54) is 6.20 Å². The first-order chi connectivity index (χ1) is 11.5. The van der Waals surface area contributed by atoms with Crippen LogP contribution >= 0.6 is 23.2 Å². The van der Waals surface area contributed by atoms with Crippen molar-refractivity contribution in [2.24, 2.45) is 0 Å². The number of rotatable bonds is 9. The van der Waals surface area contributed by atoms with Gasteiger partial charge in [0.25, 0.3) is 5.91 Å². The summed E-state index contributed by atoms with van der Waals surface area (Å²) in [5.41, 5.74) is 0.353. The van der Waals surface area contributed by atoms with E-state index in [1.807, 2.05) is 6.07 Å². The highest BCUT2D eigenvalue weighted by molar-refractivity contribution is 6.44. The van der Waals surface area contributed by atoms with E-state index in [0.29, 0.717) is 17.3 Å². The highest BCUT2D eigenvalue weighted by atomic mass is 35.5. The fourth-order valence-corrected chi connectivity index (χ4v) is 2.41. The number of hydrogen-bond donors (Lipinski definition) is 2. The van der Waals surface area contributed by atoms with Gasteiger partial charge in [0.15, 0.2) is 0 Å². The summed E-state index contributed by atoms with van der Waals surface area (Å²) < 4.78 is 0. The number of nitriles is 1. The molecule has 0 aliphatic carbocycles. The van der Waals surface area contributed by atoms with Crippen molar-refractivity contribution in [2.45, 2.75) is 20.3 Å². The molecule has 0 bridgehead atoms. The number of anilines is 1. The zero-order chi connectivity index (χ0) is 17.9. The Balaban J connectivity index is 2.54. The van der Waals surface area contributed by atoms with E-state index in [1.54, 1.807) is 18.2 Å². The minimum Gasteiger partial charge on any atom is -0.390 e. The molecule has 0 spiro atoms. The zero-order valence-corrected chi connectivity index (χ0v) is 15.4. The van der Waals surface area contributed by atoms with Gasteiger partial charge in [0.2, 0.25) is 0 Å². The summed E-state index contributed by atoms with van der Waals surface area (Å²) in [5.74, 6) is -0.530. The third kappa shape index (κ3) is 6.40. The van der Waals surface area contributed by atoms with Crippen molar-refractivity contribution in [1.82, 2.24) is 10.2 Å². The molecule has 0 aliphatic rings. The van der Waals surface area contributed by atoms with Crippen molar-refractivity contribution in [1.29, 1.82) is 5.26 Å². The van der Waals surface area contributed by atoms with Crippen molar-refractivity contribution in [3.8, 4) is 6.07 Å². The lowest BCUT2D eigenvalue weighted by Gasteiger charge is -2.17. The molecule has 7 heteroatoms. The third-order valence-corrected chi connectivity index (χ3v) is 4.32. The lowest BCUT2D eigenvalue weighted by Crippen LogP contribution is -2.26. The summed E-state index contributed by atoms with van der Waals surface area (Å²) >= 11 is 11.9. The van der Waals surface area contributed by atoms with Gasteiger partial charge >= 0.3 is 0 Å². The molecule has 1 amide bonds. The van der Waals surface area contributed by atoms with Gasteiger partial charge in [-0.2, -0.15) is 5.26 Å². The predicted molar refractivity (Wildman–Crippen MR) is 99.2 cm³/mol. The largest absolute Gasteiger partial charge is 0.390 e. The monoisotopic (exact) mass is 368 g/mol. The molecule has 24 heavy (non-hydrogen) atoms. The summed E-state index contributed by atoms with van der Waals surface area (Å²) in [5, 5.41) is 15.3. The second kappa shape index (κ2) is 10.9. The van der Waals surface area contributed by atoms with Gasteiger partial charge in [0, 0.05) is 12.7 Å². The predicted octanol–water partition coefficient (Wildman–Crippen LogP) is 3.66. The lowest BCUT2D eigenvalue weighted by atomic mass is 10.2. The van der Waals surface area contributed by atoms with E-state index in [0.717, 1.165) is 26.1 Å². The van der Waals surface area contributed by atoms with Crippen molar-refractivity contribution in [3.63, 3.8) is 0 Å². The van der Waals surface area contributed by atoms with Gasteiger partial charge in [-0.05, 0) is 38.2 Å². The zero-order valence-electron chi connectivity index (χ0n) is 13.9. The van der Waals surface area contributed by atoms with E-state index in [2.05, 4.69) is 29.4 Å². The second-order valence-corrected chi connectivity index (χ2v) is 5.85. The molecule has 130 valence electrons. The first-order valence-corrected chi connectivity index (χ1v) is 8.60. The molecule has 1 aromatic rings. The Morgan fingerprint density at radius 3 is 2.67 bits per heavy atom. The maximum absolute atomic E-state index is 12.1. The molecular weight excluding hydrogens is 347 g/mol. The molecule has 0 atom stereocenters. The number of carbonyl (C=O) groups excluding carboxylic acids is 1. The first kappa shape index (κ1) is 20.3. The molecule has 0 saturated carbocycles. The average Bonchev–Trinajstić information content (AvgIpc) is 2.58. The average molecular weight is 369 g/mol. The Hall–Kier alpha value is -1.74. The molecule has 0 radical (unpaired) electrons. The van der Waals surface area contributed by atoms with Gasteiger partial charge in [-0.15, -0.1) is 0 Å². The summed E-state index contributed by atoms with van der Waals surface area (Å²) in [6.07, 6.45) is 2.36. The van der Waals surface area contributed by atoms with E-state index in [9.17, 15) is 4.79 Å². The van der Waals surface area contributed by atoms with Crippen LogP contribution in [0.3, 0.4) is 0 Å². The molecule has 0 unspecified atom stereocenters. The highest BCUT2D eigenvalue weighted by Gasteiger charge is 2.12. The van der Waals surface area contributed by atoms with Gasteiger partial charge in [-0.25, -0.2) is 0 Å². The molecule has 0 heterocycles. The van der Waals surface area contributed by atoms with Crippen LogP contribution in [0.5, 0.6) is 0 Å². The Labute approximate surface area is 153 Å². The topological polar surface area (TPSA) is 68.2 Å². The molecular formula is C17H22Cl2N4O.